The maximum absolute atomic E-state index is 13.7. The highest BCUT2D eigenvalue weighted by Gasteiger charge is 2.26. The molecule has 1 aromatic carbocycles. The summed E-state index contributed by atoms with van der Waals surface area (Å²) in [6, 6.07) is 3.19. The standard InChI is InChI=1S/C15H19F2NO/c1-2-18(12-6-4-3-5-7-12)15(19)13-10-11(16)8-9-14(13)17/h8-10,12H,2-7H2,1H3. The highest BCUT2D eigenvalue weighted by molar-refractivity contribution is 5.94. The molecule has 1 aromatic rings. The number of rotatable bonds is 3. The van der Waals surface area contributed by atoms with Crippen molar-refractivity contribution in [2.75, 3.05) is 6.54 Å². The molecule has 1 amide bonds. The van der Waals surface area contributed by atoms with Crippen LogP contribution in [0.25, 0.3) is 0 Å². The predicted molar refractivity (Wildman–Crippen MR) is 69.9 cm³/mol. The van der Waals surface area contributed by atoms with E-state index in [1.165, 1.54) is 6.42 Å². The van der Waals surface area contributed by atoms with Crippen molar-refractivity contribution in [3.8, 4) is 0 Å². The molecule has 0 atom stereocenters. The quantitative estimate of drug-likeness (QED) is 0.816. The Morgan fingerprint density at radius 3 is 2.58 bits per heavy atom. The Kier molecular flexibility index (Phi) is 4.51. The summed E-state index contributed by atoms with van der Waals surface area (Å²) in [6.07, 6.45) is 5.30. The minimum atomic E-state index is -0.652. The van der Waals surface area contributed by atoms with Crippen LogP contribution in [0.1, 0.15) is 49.4 Å². The molecular formula is C15H19F2NO. The summed E-state index contributed by atoms with van der Waals surface area (Å²) in [7, 11) is 0. The van der Waals surface area contributed by atoms with Crippen LogP contribution < -0.4 is 0 Å². The zero-order valence-electron chi connectivity index (χ0n) is 11.2. The summed E-state index contributed by atoms with van der Waals surface area (Å²) in [5.74, 6) is -1.63. The molecule has 0 N–H and O–H groups in total. The first-order valence-corrected chi connectivity index (χ1v) is 6.89. The largest absolute Gasteiger partial charge is 0.336 e. The third-order valence-electron chi connectivity index (χ3n) is 3.78. The minimum Gasteiger partial charge on any atom is -0.336 e. The summed E-state index contributed by atoms with van der Waals surface area (Å²) < 4.78 is 26.8. The van der Waals surface area contributed by atoms with E-state index in [9.17, 15) is 13.6 Å². The van der Waals surface area contributed by atoms with Gasteiger partial charge in [-0.2, -0.15) is 0 Å². The molecule has 4 heteroatoms. The highest BCUT2D eigenvalue weighted by Crippen LogP contribution is 2.24. The zero-order valence-corrected chi connectivity index (χ0v) is 11.2. The van der Waals surface area contributed by atoms with Gasteiger partial charge in [0.2, 0.25) is 0 Å². The molecule has 1 saturated carbocycles. The first-order chi connectivity index (χ1) is 9.13. The van der Waals surface area contributed by atoms with Crippen LogP contribution in [0.2, 0.25) is 0 Å². The van der Waals surface area contributed by atoms with Gasteiger partial charge in [-0.3, -0.25) is 4.79 Å². The number of amides is 1. The number of nitrogens with zero attached hydrogens (tertiary/aromatic N) is 1. The van der Waals surface area contributed by atoms with Crippen LogP contribution in [0.15, 0.2) is 18.2 Å². The van der Waals surface area contributed by atoms with Crippen molar-refractivity contribution in [1.29, 1.82) is 0 Å². The van der Waals surface area contributed by atoms with Gasteiger partial charge in [0.15, 0.2) is 0 Å². The smallest absolute Gasteiger partial charge is 0.257 e. The molecule has 0 heterocycles. The Labute approximate surface area is 112 Å². The Hall–Kier alpha value is -1.45. The van der Waals surface area contributed by atoms with E-state index in [-0.39, 0.29) is 11.6 Å². The topological polar surface area (TPSA) is 20.3 Å². The monoisotopic (exact) mass is 267 g/mol. The van der Waals surface area contributed by atoms with Crippen molar-refractivity contribution in [3.05, 3.63) is 35.4 Å². The SMILES string of the molecule is CCN(C(=O)c1cc(F)ccc1F)C1CCCCC1. The molecular weight excluding hydrogens is 248 g/mol. The van der Waals surface area contributed by atoms with Gasteiger partial charge in [-0.15, -0.1) is 0 Å². The normalized spacial score (nSPS) is 16.4. The van der Waals surface area contributed by atoms with E-state index < -0.39 is 17.5 Å². The van der Waals surface area contributed by atoms with Crippen LogP contribution in [0, 0.1) is 11.6 Å². The van der Waals surface area contributed by atoms with Gasteiger partial charge >= 0.3 is 0 Å². The van der Waals surface area contributed by atoms with E-state index in [1.807, 2.05) is 6.92 Å². The molecule has 1 aliphatic carbocycles. The molecule has 0 bridgehead atoms. The molecule has 1 aliphatic rings. The number of hydrogen-bond donors (Lipinski definition) is 0. The number of carbonyl (C=O) groups excluding carboxylic acids is 1. The summed E-state index contributed by atoms with van der Waals surface area (Å²) in [6.45, 7) is 2.41. The summed E-state index contributed by atoms with van der Waals surface area (Å²) in [4.78, 5) is 14.0. The van der Waals surface area contributed by atoms with Gasteiger partial charge in [0.05, 0.1) is 5.56 Å². The number of benzene rings is 1. The van der Waals surface area contributed by atoms with E-state index in [0.717, 1.165) is 43.9 Å². The Morgan fingerprint density at radius 1 is 1.26 bits per heavy atom. The number of carbonyl (C=O) groups is 1. The van der Waals surface area contributed by atoms with Crippen molar-refractivity contribution in [3.63, 3.8) is 0 Å². The maximum Gasteiger partial charge on any atom is 0.257 e. The van der Waals surface area contributed by atoms with Gasteiger partial charge in [0.25, 0.3) is 5.91 Å². The molecule has 0 radical (unpaired) electrons. The Balaban J connectivity index is 2.22. The van der Waals surface area contributed by atoms with Crippen molar-refractivity contribution in [1.82, 2.24) is 4.90 Å². The summed E-state index contributed by atoms with van der Waals surface area (Å²) in [5.41, 5.74) is -0.160. The second-order valence-corrected chi connectivity index (χ2v) is 5.01. The van der Waals surface area contributed by atoms with Gasteiger partial charge in [-0.05, 0) is 38.0 Å². The number of hydrogen-bond acceptors (Lipinski definition) is 1. The van der Waals surface area contributed by atoms with Gasteiger partial charge in [0.1, 0.15) is 11.6 Å². The Morgan fingerprint density at radius 2 is 1.95 bits per heavy atom. The molecule has 0 spiro atoms. The van der Waals surface area contributed by atoms with Crippen LogP contribution in [0.4, 0.5) is 8.78 Å². The molecule has 0 saturated heterocycles. The minimum absolute atomic E-state index is 0.160. The number of halogens is 2. The molecule has 1 fully saturated rings. The van der Waals surface area contributed by atoms with E-state index in [2.05, 4.69) is 0 Å². The summed E-state index contributed by atoms with van der Waals surface area (Å²) >= 11 is 0. The van der Waals surface area contributed by atoms with Gasteiger partial charge in [0, 0.05) is 12.6 Å². The lowest BCUT2D eigenvalue weighted by Crippen LogP contribution is -2.41. The Bertz CT molecular complexity index is 455. The molecule has 0 aromatic heterocycles. The van der Waals surface area contributed by atoms with Crippen molar-refractivity contribution in [2.24, 2.45) is 0 Å². The van der Waals surface area contributed by atoms with Crippen LogP contribution in [-0.2, 0) is 0 Å². The van der Waals surface area contributed by atoms with Gasteiger partial charge in [-0.25, -0.2) is 8.78 Å². The third kappa shape index (κ3) is 3.11. The van der Waals surface area contributed by atoms with E-state index in [0.29, 0.717) is 6.54 Å². The molecule has 0 unspecified atom stereocenters. The predicted octanol–water partition coefficient (Wildman–Crippen LogP) is 3.76. The lowest BCUT2D eigenvalue weighted by Gasteiger charge is -2.33. The zero-order chi connectivity index (χ0) is 13.8. The second kappa shape index (κ2) is 6.13. The van der Waals surface area contributed by atoms with Gasteiger partial charge in [-0.1, -0.05) is 19.3 Å². The van der Waals surface area contributed by atoms with Crippen LogP contribution >= 0.6 is 0 Å². The second-order valence-electron chi connectivity index (χ2n) is 5.01. The molecule has 19 heavy (non-hydrogen) atoms. The maximum atomic E-state index is 13.7. The van der Waals surface area contributed by atoms with E-state index in [1.54, 1.807) is 4.90 Å². The lowest BCUT2D eigenvalue weighted by molar-refractivity contribution is 0.0642. The molecule has 2 nitrogen and oxygen atoms in total. The fourth-order valence-electron chi connectivity index (χ4n) is 2.78. The molecule has 2 rings (SSSR count). The van der Waals surface area contributed by atoms with Crippen LogP contribution in [0.3, 0.4) is 0 Å². The van der Waals surface area contributed by atoms with Crippen LogP contribution in [0.5, 0.6) is 0 Å². The average molecular weight is 267 g/mol. The van der Waals surface area contributed by atoms with Crippen molar-refractivity contribution < 1.29 is 13.6 Å². The van der Waals surface area contributed by atoms with Crippen molar-refractivity contribution in [2.45, 2.75) is 45.1 Å². The summed E-state index contributed by atoms with van der Waals surface area (Å²) in [5, 5.41) is 0. The molecule has 104 valence electrons. The van der Waals surface area contributed by atoms with Crippen molar-refractivity contribution >= 4 is 5.91 Å². The first-order valence-electron chi connectivity index (χ1n) is 6.89. The third-order valence-corrected chi connectivity index (χ3v) is 3.78. The highest BCUT2D eigenvalue weighted by atomic mass is 19.1. The average Bonchev–Trinajstić information content (AvgIpc) is 2.43. The van der Waals surface area contributed by atoms with Crippen LogP contribution in [-0.4, -0.2) is 23.4 Å². The molecule has 0 aliphatic heterocycles. The lowest BCUT2D eigenvalue weighted by atomic mass is 9.93. The van der Waals surface area contributed by atoms with Gasteiger partial charge < -0.3 is 4.90 Å². The first kappa shape index (κ1) is 14.0. The van der Waals surface area contributed by atoms with E-state index >= 15 is 0 Å². The fourth-order valence-corrected chi connectivity index (χ4v) is 2.78. The van der Waals surface area contributed by atoms with E-state index in [4.69, 9.17) is 0 Å². The fraction of sp³-hybridized carbons (Fsp3) is 0.533.